The van der Waals surface area contributed by atoms with E-state index in [4.69, 9.17) is 9.47 Å². The first-order valence-corrected chi connectivity index (χ1v) is 7.03. The molecule has 1 aromatic heterocycles. The van der Waals surface area contributed by atoms with Crippen molar-refractivity contribution in [3.63, 3.8) is 0 Å². The molecule has 1 saturated heterocycles. The minimum Gasteiger partial charge on any atom is -0.479 e. The van der Waals surface area contributed by atoms with Crippen LogP contribution < -0.4 is 15.0 Å². The summed E-state index contributed by atoms with van der Waals surface area (Å²) in [6, 6.07) is 0. The van der Waals surface area contributed by atoms with Crippen molar-refractivity contribution in [2.24, 2.45) is 5.92 Å². The van der Waals surface area contributed by atoms with Gasteiger partial charge in [-0.15, -0.1) is 0 Å². The highest BCUT2D eigenvalue weighted by Gasteiger charge is 2.30. The van der Waals surface area contributed by atoms with Crippen LogP contribution in [0.25, 0.3) is 0 Å². The molecular weight excluding hydrogens is 272 g/mol. The van der Waals surface area contributed by atoms with Gasteiger partial charge in [0.05, 0.1) is 19.1 Å². The number of carbonyl (C=O) groups is 1. The number of rotatable bonds is 4. The Morgan fingerprint density at radius 2 is 2.24 bits per heavy atom. The molecule has 0 aromatic carbocycles. The molecule has 1 fully saturated rings. The summed E-state index contributed by atoms with van der Waals surface area (Å²) in [6.07, 6.45) is 3.04. The Morgan fingerprint density at radius 3 is 2.86 bits per heavy atom. The fourth-order valence-corrected chi connectivity index (χ4v) is 2.45. The molecule has 0 unspecified atom stereocenters. The standard InChI is InChI=1S/C14H22N4O3/c1-9-10(6-5-7-21-9)13(19)17-11-12(18(2)3)15-8-16-14(11)20-4/h8-10H,5-7H2,1-4H3,(H,17,19)/t9-,10-/m0/s1. The molecule has 1 aliphatic rings. The SMILES string of the molecule is COc1ncnc(N(C)C)c1NC(=O)[C@H]1CCCO[C@H]1C. The van der Waals surface area contributed by atoms with E-state index in [1.165, 1.54) is 13.4 Å². The molecule has 21 heavy (non-hydrogen) atoms. The maximum Gasteiger partial charge on any atom is 0.242 e. The van der Waals surface area contributed by atoms with Gasteiger partial charge in [-0.3, -0.25) is 4.79 Å². The number of methoxy groups -OCH3 is 1. The van der Waals surface area contributed by atoms with Gasteiger partial charge in [-0.1, -0.05) is 0 Å². The zero-order chi connectivity index (χ0) is 15.4. The maximum absolute atomic E-state index is 12.5. The van der Waals surface area contributed by atoms with Gasteiger partial charge in [0, 0.05) is 20.7 Å². The van der Waals surface area contributed by atoms with Crippen LogP contribution >= 0.6 is 0 Å². The number of ether oxygens (including phenoxy) is 2. The highest BCUT2D eigenvalue weighted by Crippen LogP contribution is 2.31. The van der Waals surface area contributed by atoms with Gasteiger partial charge in [0.15, 0.2) is 5.82 Å². The summed E-state index contributed by atoms with van der Waals surface area (Å²) in [7, 11) is 5.22. The van der Waals surface area contributed by atoms with Crippen molar-refractivity contribution in [2.75, 3.05) is 38.0 Å². The second kappa shape index (κ2) is 6.71. The summed E-state index contributed by atoms with van der Waals surface area (Å²) in [4.78, 5) is 22.6. The summed E-state index contributed by atoms with van der Waals surface area (Å²) >= 11 is 0. The molecule has 7 heteroatoms. The third-order valence-electron chi connectivity index (χ3n) is 3.60. The van der Waals surface area contributed by atoms with Gasteiger partial charge in [0.1, 0.15) is 12.0 Å². The molecule has 2 rings (SSSR count). The number of nitrogens with zero attached hydrogens (tertiary/aromatic N) is 3. The molecule has 0 aliphatic carbocycles. The lowest BCUT2D eigenvalue weighted by Gasteiger charge is -2.28. The summed E-state index contributed by atoms with van der Waals surface area (Å²) in [6.45, 7) is 2.64. The Hall–Kier alpha value is -1.89. The van der Waals surface area contributed by atoms with E-state index in [1.807, 2.05) is 21.0 Å². The lowest BCUT2D eigenvalue weighted by atomic mass is 9.94. The lowest BCUT2D eigenvalue weighted by Crippen LogP contribution is -2.36. The first kappa shape index (κ1) is 15.5. The van der Waals surface area contributed by atoms with Crippen molar-refractivity contribution in [3.8, 4) is 5.88 Å². The monoisotopic (exact) mass is 294 g/mol. The molecule has 1 amide bonds. The quantitative estimate of drug-likeness (QED) is 0.902. The second-order valence-electron chi connectivity index (χ2n) is 5.29. The highest BCUT2D eigenvalue weighted by atomic mass is 16.5. The van der Waals surface area contributed by atoms with Crippen molar-refractivity contribution in [2.45, 2.75) is 25.9 Å². The van der Waals surface area contributed by atoms with E-state index in [0.29, 0.717) is 24.0 Å². The first-order chi connectivity index (χ1) is 10.0. The topological polar surface area (TPSA) is 76.6 Å². The van der Waals surface area contributed by atoms with Crippen molar-refractivity contribution in [1.29, 1.82) is 0 Å². The van der Waals surface area contributed by atoms with Crippen LogP contribution in [0.2, 0.25) is 0 Å². The van der Waals surface area contributed by atoms with Crippen LogP contribution in [0.1, 0.15) is 19.8 Å². The molecule has 7 nitrogen and oxygen atoms in total. The second-order valence-corrected chi connectivity index (χ2v) is 5.29. The normalized spacial score (nSPS) is 21.7. The van der Waals surface area contributed by atoms with E-state index >= 15 is 0 Å². The lowest BCUT2D eigenvalue weighted by molar-refractivity contribution is -0.127. The van der Waals surface area contributed by atoms with E-state index in [0.717, 1.165) is 12.8 Å². The van der Waals surface area contributed by atoms with Crippen LogP contribution in [-0.2, 0) is 9.53 Å². The van der Waals surface area contributed by atoms with Gasteiger partial charge >= 0.3 is 0 Å². The van der Waals surface area contributed by atoms with Crippen molar-refractivity contribution in [1.82, 2.24) is 9.97 Å². The smallest absolute Gasteiger partial charge is 0.242 e. The summed E-state index contributed by atoms with van der Waals surface area (Å²) in [5.74, 6) is 0.711. The molecular formula is C14H22N4O3. The molecule has 0 saturated carbocycles. The molecule has 2 atom stereocenters. The summed E-state index contributed by atoms with van der Waals surface area (Å²) in [5.41, 5.74) is 0.493. The minimum atomic E-state index is -0.168. The summed E-state index contributed by atoms with van der Waals surface area (Å²) in [5, 5.41) is 2.90. The fraction of sp³-hybridized carbons (Fsp3) is 0.643. The number of aromatic nitrogens is 2. The maximum atomic E-state index is 12.5. The van der Waals surface area contributed by atoms with E-state index < -0.39 is 0 Å². The van der Waals surface area contributed by atoms with Crippen LogP contribution in [0.4, 0.5) is 11.5 Å². The van der Waals surface area contributed by atoms with Gasteiger partial charge in [0.25, 0.3) is 0 Å². The van der Waals surface area contributed by atoms with E-state index in [9.17, 15) is 4.79 Å². The Morgan fingerprint density at radius 1 is 1.48 bits per heavy atom. The van der Waals surface area contributed by atoms with Gasteiger partial charge in [-0.05, 0) is 19.8 Å². The average Bonchev–Trinajstić information content (AvgIpc) is 2.47. The van der Waals surface area contributed by atoms with Crippen molar-refractivity contribution >= 4 is 17.4 Å². The number of hydrogen-bond donors (Lipinski definition) is 1. The third kappa shape index (κ3) is 3.41. The zero-order valence-corrected chi connectivity index (χ0v) is 12.9. The largest absolute Gasteiger partial charge is 0.479 e. The fourth-order valence-electron chi connectivity index (χ4n) is 2.45. The van der Waals surface area contributed by atoms with Gasteiger partial charge in [-0.25, -0.2) is 4.98 Å². The Balaban J connectivity index is 2.23. The van der Waals surface area contributed by atoms with Crippen molar-refractivity contribution in [3.05, 3.63) is 6.33 Å². The first-order valence-electron chi connectivity index (χ1n) is 7.03. The van der Waals surface area contributed by atoms with E-state index in [2.05, 4.69) is 15.3 Å². The van der Waals surface area contributed by atoms with Crippen LogP contribution in [0, 0.1) is 5.92 Å². The van der Waals surface area contributed by atoms with Crippen LogP contribution in [0.5, 0.6) is 5.88 Å². The van der Waals surface area contributed by atoms with E-state index in [-0.39, 0.29) is 17.9 Å². The Kier molecular flexibility index (Phi) is 4.95. The molecule has 116 valence electrons. The number of amides is 1. The van der Waals surface area contributed by atoms with E-state index in [1.54, 1.807) is 4.90 Å². The predicted octanol–water partition coefficient (Wildman–Crippen LogP) is 1.30. The predicted molar refractivity (Wildman–Crippen MR) is 79.7 cm³/mol. The number of nitrogens with one attached hydrogen (secondary N) is 1. The number of hydrogen-bond acceptors (Lipinski definition) is 6. The molecule has 0 spiro atoms. The minimum absolute atomic E-state index is 0.0848. The number of carbonyl (C=O) groups excluding carboxylic acids is 1. The van der Waals surface area contributed by atoms with Crippen LogP contribution in [0.15, 0.2) is 6.33 Å². The Bertz CT molecular complexity index is 507. The van der Waals surface area contributed by atoms with Gasteiger partial charge in [-0.2, -0.15) is 4.98 Å². The molecule has 2 heterocycles. The average molecular weight is 294 g/mol. The number of anilines is 2. The highest BCUT2D eigenvalue weighted by molar-refractivity contribution is 5.97. The Labute approximate surface area is 124 Å². The van der Waals surface area contributed by atoms with Crippen molar-refractivity contribution < 1.29 is 14.3 Å². The van der Waals surface area contributed by atoms with Gasteiger partial charge < -0.3 is 19.7 Å². The van der Waals surface area contributed by atoms with Crippen LogP contribution in [-0.4, -0.2) is 49.8 Å². The zero-order valence-electron chi connectivity index (χ0n) is 12.9. The molecule has 1 N–H and O–H groups in total. The molecule has 1 aliphatic heterocycles. The summed E-state index contributed by atoms with van der Waals surface area (Å²) < 4.78 is 10.8. The molecule has 0 bridgehead atoms. The van der Waals surface area contributed by atoms with Crippen LogP contribution in [0.3, 0.4) is 0 Å². The molecule has 0 radical (unpaired) electrons. The third-order valence-corrected chi connectivity index (χ3v) is 3.60. The van der Waals surface area contributed by atoms with Gasteiger partial charge in [0.2, 0.25) is 11.8 Å². The molecule has 1 aromatic rings.